The zero-order valence-corrected chi connectivity index (χ0v) is 12.5. The van der Waals surface area contributed by atoms with Gasteiger partial charge in [0.2, 0.25) is 11.8 Å². The van der Waals surface area contributed by atoms with Crippen LogP contribution in [0.5, 0.6) is 0 Å². The van der Waals surface area contributed by atoms with Crippen LogP contribution in [0, 0.1) is 0 Å². The third-order valence-electron chi connectivity index (χ3n) is 2.23. The predicted molar refractivity (Wildman–Crippen MR) is 72.9 cm³/mol. The first-order chi connectivity index (χ1) is 9.31. The number of nitrogens with two attached hydrogens (primary N) is 1. The third-order valence-corrected chi connectivity index (χ3v) is 2.81. The highest BCUT2D eigenvalue weighted by atomic mass is 31.0. The Morgan fingerprint density at radius 2 is 2.00 bits per heavy atom. The topological polar surface area (TPSA) is 148 Å². The molecule has 0 heterocycles. The second-order valence-electron chi connectivity index (χ2n) is 3.74. The zero-order valence-electron chi connectivity index (χ0n) is 10.4. The van der Waals surface area contributed by atoms with Crippen molar-refractivity contribution in [1.29, 1.82) is 0 Å². The lowest BCUT2D eigenvalue weighted by Crippen LogP contribution is -2.46. The highest BCUT2D eigenvalue weighted by Crippen LogP contribution is 2.07. The molecule has 112 valence electrons. The second kappa shape index (κ2) is 9.34. The van der Waals surface area contributed by atoms with E-state index in [1.807, 2.05) is 0 Å². The second-order valence-corrected chi connectivity index (χ2v) is 4.24. The smallest absolute Gasteiger partial charge is 0.326 e. The van der Waals surface area contributed by atoms with Crippen LogP contribution in [-0.2, 0) is 23.7 Å². The van der Waals surface area contributed by atoms with E-state index >= 15 is 0 Å². The summed E-state index contributed by atoms with van der Waals surface area (Å²) in [5, 5.41) is 11.0. The standard InChI is InChI=1S/C9H15N3O6P2/c10-6(13)3-5(9(16)17)11-8(15)4(12-19)1-2-7(14)18-20/h4-5,19H,1-3,20H2,(H2,10,13)(H,11,15)(H,16,17)/t4-,5-/m0/s1. The van der Waals surface area contributed by atoms with Crippen LogP contribution in [0.25, 0.3) is 0 Å². The van der Waals surface area contributed by atoms with Crippen LogP contribution in [0.15, 0.2) is 4.74 Å². The maximum Gasteiger partial charge on any atom is 0.326 e. The number of rotatable bonds is 9. The van der Waals surface area contributed by atoms with E-state index in [2.05, 4.69) is 23.6 Å². The number of carbonyl (C=O) groups is 4. The van der Waals surface area contributed by atoms with Gasteiger partial charge in [-0.25, -0.2) is 4.79 Å². The number of carboxylic acid groups (broad SMARTS) is 1. The summed E-state index contributed by atoms with van der Waals surface area (Å²) in [6.07, 6.45) is -0.599. The largest absolute Gasteiger partial charge is 0.480 e. The Balaban J connectivity index is 4.58. The monoisotopic (exact) mass is 323 g/mol. The van der Waals surface area contributed by atoms with Gasteiger partial charge in [-0.3, -0.25) is 19.1 Å². The number of carbonyl (C=O) groups excluding carboxylic acids is 3. The summed E-state index contributed by atoms with van der Waals surface area (Å²) in [5.41, 5.74) is 4.88. The molecule has 0 bridgehead atoms. The van der Waals surface area contributed by atoms with Gasteiger partial charge in [0.05, 0.1) is 15.9 Å². The average Bonchev–Trinajstić information content (AvgIpc) is 2.37. The van der Waals surface area contributed by atoms with Crippen molar-refractivity contribution in [3.8, 4) is 0 Å². The van der Waals surface area contributed by atoms with Gasteiger partial charge in [-0.15, -0.1) is 0 Å². The molecule has 0 spiro atoms. The van der Waals surface area contributed by atoms with Gasteiger partial charge in [0.15, 0.2) is 0 Å². The van der Waals surface area contributed by atoms with Crippen molar-refractivity contribution < 1.29 is 28.8 Å². The van der Waals surface area contributed by atoms with Gasteiger partial charge in [-0.2, -0.15) is 0 Å². The number of nitrogens with zero attached hydrogens (tertiary/aromatic N) is 1. The Labute approximate surface area is 119 Å². The summed E-state index contributed by atoms with van der Waals surface area (Å²) in [6, 6.07) is -2.44. The number of hydrogen-bond acceptors (Lipinski definition) is 6. The summed E-state index contributed by atoms with van der Waals surface area (Å²) < 4.78 is 7.89. The Morgan fingerprint density at radius 3 is 2.40 bits per heavy atom. The first-order valence-electron chi connectivity index (χ1n) is 5.39. The number of carboxylic acids is 1. The molecule has 4 N–H and O–H groups in total. The fourth-order valence-electron chi connectivity index (χ4n) is 1.24. The molecule has 20 heavy (non-hydrogen) atoms. The first kappa shape index (κ1) is 18.4. The Bertz CT molecular complexity index is 416. The van der Waals surface area contributed by atoms with Crippen LogP contribution in [-0.4, -0.2) is 40.9 Å². The number of aliphatic carboxylic acids is 1. The molecule has 2 amide bonds. The van der Waals surface area contributed by atoms with Crippen molar-refractivity contribution in [2.45, 2.75) is 31.3 Å². The summed E-state index contributed by atoms with van der Waals surface area (Å²) in [4.78, 5) is 44.3. The van der Waals surface area contributed by atoms with Crippen LogP contribution in [0.2, 0.25) is 0 Å². The lowest BCUT2D eigenvalue weighted by molar-refractivity contribution is -0.143. The minimum atomic E-state index is -1.44. The summed E-state index contributed by atoms with van der Waals surface area (Å²) in [6.45, 7) is 0. The van der Waals surface area contributed by atoms with E-state index in [1.165, 1.54) is 0 Å². The first-order valence-corrected chi connectivity index (χ1v) is 6.31. The molecule has 0 fully saturated rings. The summed E-state index contributed by atoms with van der Waals surface area (Å²) >= 11 is 0. The molecule has 3 atom stereocenters. The predicted octanol–water partition coefficient (Wildman–Crippen LogP) is -0.760. The average molecular weight is 323 g/mol. The van der Waals surface area contributed by atoms with Crippen molar-refractivity contribution in [2.75, 3.05) is 0 Å². The quantitative estimate of drug-likeness (QED) is 0.475. The fourth-order valence-corrected chi connectivity index (χ4v) is 1.60. The van der Waals surface area contributed by atoms with Crippen molar-refractivity contribution >= 4 is 42.3 Å². The van der Waals surface area contributed by atoms with Gasteiger partial charge in [-0.1, -0.05) is 0 Å². The number of amides is 2. The minimum Gasteiger partial charge on any atom is -0.480 e. The van der Waals surface area contributed by atoms with Gasteiger partial charge in [0.25, 0.3) is 0 Å². The minimum absolute atomic E-state index is 0.0193. The summed E-state index contributed by atoms with van der Waals surface area (Å²) in [5.74, 6) is -3.56. The van der Waals surface area contributed by atoms with E-state index in [9.17, 15) is 19.2 Å². The molecule has 0 saturated carbocycles. The van der Waals surface area contributed by atoms with E-state index in [0.29, 0.717) is 0 Å². The number of primary amides is 1. The Kier molecular flexibility index (Phi) is 8.59. The van der Waals surface area contributed by atoms with E-state index in [4.69, 9.17) is 10.8 Å². The molecule has 0 saturated heterocycles. The summed E-state index contributed by atoms with van der Waals surface area (Å²) in [7, 11) is 4.56. The molecule has 0 aliphatic rings. The molecule has 0 aliphatic heterocycles. The maximum absolute atomic E-state index is 11.8. The molecule has 9 nitrogen and oxygen atoms in total. The highest BCUT2D eigenvalue weighted by Gasteiger charge is 2.26. The molecule has 0 rings (SSSR count). The van der Waals surface area contributed by atoms with Crippen molar-refractivity contribution in [2.24, 2.45) is 10.5 Å². The normalized spacial score (nSPS) is 12.8. The van der Waals surface area contributed by atoms with Gasteiger partial charge in [0.1, 0.15) is 12.1 Å². The molecule has 0 aromatic rings. The molecule has 0 aromatic heterocycles. The van der Waals surface area contributed by atoms with Crippen LogP contribution < -0.4 is 11.1 Å². The van der Waals surface area contributed by atoms with E-state index in [0.717, 1.165) is 0 Å². The lowest BCUT2D eigenvalue weighted by Gasteiger charge is -2.16. The SMILES string of the molecule is NC(=O)C[C@H](NC(=O)[C@H](CCC(=O)OP)N=P)C(=O)O. The van der Waals surface area contributed by atoms with Crippen LogP contribution in [0.4, 0.5) is 0 Å². The van der Waals surface area contributed by atoms with E-state index < -0.39 is 42.3 Å². The van der Waals surface area contributed by atoms with Crippen molar-refractivity contribution in [3.63, 3.8) is 0 Å². The number of hydrogen-bond donors (Lipinski definition) is 3. The maximum atomic E-state index is 11.8. The third kappa shape index (κ3) is 7.11. The highest BCUT2D eigenvalue weighted by molar-refractivity contribution is 7.10. The molecular formula is C9H15N3O6P2. The Morgan fingerprint density at radius 1 is 1.40 bits per heavy atom. The lowest BCUT2D eigenvalue weighted by atomic mass is 10.1. The molecule has 11 heteroatoms. The molecule has 0 radical (unpaired) electrons. The number of nitrogens with one attached hydrogen (secondary N) is 1. The Hall–Kier alpha value is -1.59. The van der Waals surface area contributed by atoms with Gasteiger partial charge in [0, 0.05) is 6.42 Å². The van der Waals surface area contributed by atoms with Gasteiger partial charge >= 0.3 is 11.9 Å². The van der Waals surface area contributed by atoms with Crippen LogP contribution >= 0.6 is 18.5 Å². The molecular weight excluding hydrogens is 308 g/mol. The zero-order chi connectivity index (χ0) is 15.7. The van der Waals surface area contributed by atoms with E-state index in [1.54, 1.807) is 9.47 Å². The molecule has 0 aromatic carbocycles. The van der Waals surface area contributed by atoms with Crippen molar-refractivity contribution in [1.82, 2.24) is 5.32 Å². The van der Waals surface area contributed by atoms with Gasteiger partial charge < -0.3 is 20.7 Å². The van der Waals surface area contributed by atoms with Crippen molar-refractivity contribution in [3.05, 3.63) is 0 Å². The molecule has 0 aliphatic carbocycles. The van der Waals surface area contributed by atoms with Gasteiger partial charge in [-0.05, 0) is 15.5 Å². The molecule has 1 unspecified atom stereocenters. The van der Waals surface area contributed by atoms with Crippen LogP contribution in [0.3, 0.4) is 0 Å². The van der Waals surface area contributed by atoms with Crippen LogP contribution in [0.1, 0.15) is 19.3 Å². The fraction of sp³-hybridized carbons (Fsp3) is 0.556. The van der Waals surface area contributed by atoms with E-state index in [-0.39, 0.29) is 12.8 Å².